The Morgan fingerprint density at radius 3 is 3.08 bits per heavy atom. The lowest BCUT2D eigenvalue weighted by Crippen LogP contribution is -2.25. The van der Waals surface area contributed by atoms with E-state index < -0.39 is 0 Å². The standard InChI is InChI=1S/C6H8ClN5O/c7-2-4-1-5(13)12(3-4)6-8-10-11-9-6/h4H,1-3H2,(H,8,9,10,11). The Bertz CT molecular complexity index is 300. The summed E-state index contributed by atoms with van der Waals surface area (Å²) in [4.78, 5) is 12.9. The van der Waals surface area contributed by atoms with Crippen LogP contribution in [-0.2, 0) is 4.79 Å². The third-order valence-corrected chi connectivity index (χ3v) is 2.44. The number of hydrogen-bond acceptors (Lipinski definition) is 4. The van der Waals surface area contributed by atoms with E-state index in [0.717, 1.165) is 0 Å². The molecule has 0 bridgehead atoms. The summed E-state index contributed by atoms with van der Waals surface area (Å²) in [5.41, 5.74) is 0. The molecule has 0 aromatic carbocycles. The molecule has 0 radical (unpaired) electrons. The van der Waals surface area contributed by atoms with Gasteiger partial charge in [0.05, 0.1) is 0 Å². The number of H-pyrrole nitrogens is 1. The summed E-state index contributed by atoms with van der Waals surface area (Å²) >= 11 is 5.66. The van der Waals surface area contributed by atoms with Crippen molar-refractivity contribution in [2.75, 3.05) is 17.3 Å². The Labute approximate surface area is 79.2 Å². The molecule has 1 unspecified atom stereocenters. The second-order valence-corrected chi connectivity index (χ2v) is 3.25. The fourth-order valence-corrected chi connectivity index (χ4v) is 1.56. The number of rotatable bonds is 2. The fraction of sp³-hybridized carbons (Fsp3) is 0.667. The van der Waals surface area contributed by atoms with E-state index in [4.69, 9.17) is 11.6 Å². The van der Waals surface area contributed by atoms with Gasteiger partial charge in [0.25, 0.3) is 5.95 Å². The Kier molecular flexibility index (Phi) is 2.13. The van der Waals surface area contributed by atoms with Crippen molar-refractivity contribution in [3.05, 3.63) is 0 Å². The number of anilines is 1. The lowest BCUT2D eigenvalue weighted by atomic mass is 10.2. The van der Waals surface area contributed by atoms with Crippen molar-refractivity contribution in [3.63, 3.8) is 0 Å². The summed E-state index contributed by atoms with van der Waals surface area (Å²) < 4.78 is 0. The lowest BCUT2D eigenvalue weighted by Gasteiger charge is -2.09. The van der Waals surface area contributed by atoms with Crippen LogP contribution in [0.3, 0.4) is 0 Å². The van der Waals surface area contributed by atoms with E-state index in [1.165, 1.54) is 4.90 Å². The van der Waals surface area contributed by atoms with Crippen LogP contribution in [0.15, 0.2) is 0 Å². The van der Waals surface area contributed by atoms with Gasteiger partial charge in [-0.15, -0.1) is 16.7 Å². The van der Waals surface area contributed by atoms with E-state index in [0.29, 0.717) is 24.8 Å². The van der Waals surface area contributed by atoms with Gasteiger partial charge < -0.3 is 0 Å². The van der Waals surface area contributed by atoms with E-state index in [-0.39, 0.29) is 11.8 Å². The van der Waals surface area contributed by atoms with Gasteiger partial charge in [0, 0.05) is 18.8 Å². The zero-order chi connectivity index (χ0) is 9.26. The molecule has 0 aliphatic carbocycles. The molecule has 0 spiro atoms. The maximum atomic E-state index is 11.4. The van der Waals surface area contributed by atoms with Crippen LogP contribution in [-0.4, -0.2) is 39.0 Å². The molecule has 1 atom stereocenters. The number of amides is 1. The fourth-order valence-electron chi connectivity index (χ4n) is 1.35. The predicted octanol–water partition coefficient (Wildman–Crippen LogP) is -0.209. The van der Waals surface area contributed by atoms with Crippen molar-refractivity contribution >= 4 is 23.5 Å². The quantitative estimate of drug-likeness (QED) is 0.672. The van der Waals surface area contributed by atoms with Crippen LogP contribution in [0.25, 0.3) is 0 Å². The Hall–Kier alpha value is -1.17. The number of hydrogen-bond donors (Lipinski definition) is 1. The first-order valence-electron chi connectivity index (χ1n) is 3.91. The second kappa shape index (κ2) is 3.29. The minimum absolute atomic E-state index is 0.00653. The molecule has 1 aliphatic rings. The summed E-state index contributed by atoms with van der Waals surface area (Å²) in [5, 5.41) is 13.2. The van der Waals surface area contributed by atoms with Crippen LogP contribution < -0.4 is 4.90 Å². The van der Waals surface area contributed by atoms with Crippen LogP contribution in [0.1, 0.15) is 6.42 Å². The topological polar surface area (TPSA) is 74.8 Å². The number of alkyl halides is 1. The normalized spacial score (nSPS) is 22.7. The van der Waals surface area contributed by atoms with Crippen molar-refractivity contribution in [1.82, 2.24) is 20.6 Å². The maximum absolute atomic E-state index is 11.4. The highest BCUT2D eigenvalue weighted by atomic mass is 35.5. The molecule has 7 heteroatoms. The summed E-state index contributed by atoms with van der Waals surface area (Å²) in [6, 6.07) is 0. The maximum Gasteiger partial charge on any atom is 0.272 e. The molecular formula is C6H8ClN5O. The zero-order valence-corrected chi connectivity index (χ0v) is 7.53. The first-order chi connectivity index (χ1) is 6.31. The van der Waals surface area contributed by atoms with Crippen LogP contribution in [0, 0.1) is 5.92 Å². The van der Waals surface area contributed by atoms with Gasteiger partial charge in [0.2, 0.25) is 5.91 Å². The number of nitrogens with zero attached hydrogens (tertiary/aromatic N) is 4. The summed E-state index contributed by atoms with van der Waals surface area (Å²) in [6.07, 6.45) is 0.470. The molecule has 2 rings (SSSR count). The number of aromatic nitrogens is 4. The van der Waals surface area contributed by atoms with Gasteiger partial charge in [0.15, 0.2) is 0 Å². The average Bonchev–Trinajstić information content (AvgIpc) is 2.72. The van der Waals surface area contributed by atoms with E-state index in [2.05, 4.69) is 20.6 Å². The van der Waals surface area contributed by atoms with Gasteiger partial charge >= 0.3 is 0 Å². The highest BCUT2D eigenvalue weighted by molar-refractivity contribution is 6.18. The third kappa shape index (κ3) is 1.49. The van der Waals surface area contributed by atoms with Gasteiger partial charge in [-0.25, -0.2) is 0 Å². The highest BCUT2D eigenvalue weighted by Crippen LogP contribution is 2.21. The number of carbonyl (C=O) groups excluding carboxylic acids is 1. The molecule has 70 valence electrons. The van der Waals surface area contributed by atoms with Crippen molar-refractivity contribution in [2.45, 2.75) is 6.42 Å². The van der Waals surface area contributed by atoms with E-state index in [1.807, 2.05) is 0 Å². The zero-order valence-electron chi connectivity index (χ0n) is 6.77. The lowest BCUT2D eigenvalue weighted by molar-refractivity contribution is -0.117. The summed E-state index contributed by atoms with van der Waals surface area (Å²) in [6.45, 7) is 0.585. The van der Waals surface area contributed by atoms with Crippen molar-refractivity contribution in [2.24, 2.45) is 5.92 Å². The van der Waals surface area contributed by atoms with Crippen LogP contribution >= 0.6 is 11.6 Å². The molecule has 0 saturated carbocycles. The van der Waals surface area contributed by atoms with E-state index >= 15 is 0 Å². The number of aromatic amines is 1. The van der Waals surface area contributed by atoms with Crippen molar-refractivity contribution in [3.8, 4) is 0 Å². The van der Waals surface area contributed by atoms with Crippen molar-refractivity contribution < 1.29 is 4.79 Å². The summed E-state index contributed by atoms with van der Waals surface area (Å²) in [7, 11) is 0. The van der Waals surface area contributed by atoms with Crippen molar-refractivity contribution in [1.29, 1.82) is 0 Å². The molecule has 1 aromatic rings. The monoisotopic (exact) mass is 201 g/mol. The molecule has 1 amide bonds. The molecular weight excluding hydrogens is 194 g/mol. The number of nitrogens with one attached hydrogen (secondary N) is 1. The Morgan fingerprint density at radius 2 is 2.54 bits per heavy atom. The number of tetrazole rings is 1. The molecule has 1 aliphatic heterocycles. The Balaban J connectivity index is 2.14. The van der Waals surface area contributed by atoms with E-state index in [1.54, 1.807) is 0 Å². The largest absolute Gasteiger partial charge is 0.278 e. The molecule has 1 fully saturated rings. The first-order valence-corrected chi connectivity index (χ1v) is 4.44. The van der Waals surface area contributed by atoms with Crippen LogP contribution in [0.5, 0.6) is 0 Å². The van der Waals surface area contributed by atoms with Gasteiger partial charge in [-0.05, 0) is 11.1 Å². The first kappa shape index (κ1) is 8.43. The average molecular weight is 202 g/mol. The van der Waals surface area contributed by atoms with Gasteiger partial charge in [-0.2, -0.15) is 5.21 Å². The van der Waals surface area contributed by atoms with Gasteiger partial charge in [-0.1, -0.05) is 5.10 Å². The minimum atomic E-state index is 0.00653. The SMILES string of the molecule is O=C1CC(CCl)CN1c1nn[nH]n1. The molecule has 2 heterocycles. The van der Waals surface area contributed by atoms with Gasteiger partial charge in [0.1, 0.15) is 0 Å². The van der Waals surface area contributed by atoms with Crippen LogP contribution in [0.4, 0.5) is 5.95 Å². The van der Waals surface area contributed by atoms with E-state index in [9.17, 15) is 4.79 Å². The van der Waals surface area contributed by atoms with Crippen LogP contribution in [0.2, 0.25) is 0 Å². The molecule has 13 heavy (non-hydrogen) atoms. The number of carbonyl (C=O) groups is 1. The predicted molar refractivity (Wildman–Crippen MR) is 45.4 cm³/mol. The molecule has 1 N–H and O–H groups in total. The summed E-state index contributed by atoms with van der Waals surface area (Å²) in [5.74, 6) is 1.03. The number of halogens is 1. The smallest absolute Gasteiger partial charge is 0.272 e. The molecule has 1 saturated heterocycles. The Morgan fingerprint density at radius 1 is 1.69 bits per heavy atom. The minimum Gasteiger partial charge on any atom is -0.278 e. The molecule has 1 aromatic heterocycles. The second-order valence-electron chi connectivity index (χ2n) is 2.94. The highest BCUT2D eigenvalue weighted by Gasteiger charge is 2.31. The van der Waals surface area contributed by atoms with Gasteiger partial charge in [-0.3, -0.25) is 9.69 Å². The molecule has 6 nitrogen and oxygen atoms in total. The third-order valence-electron chi connectivity index (χ3n) is 2.00.